The Kier molecular flexibility index (Phi) is 6.35. The maximum absolute atomic E-state index is 13.7. The highest BCUT2D eigenvalue weighted by Gasteiger charge is 2.76. The Labute approximate surface area is 202 Å². The van der Waals surface area contributed by atoms with Crippen LogP contribution >= 0.6 is 15.9 Å². The number of likely N-dealkylation sites (tertiary alicyclic amines) is 1. The lowest BCUT2D eigenvalue weighted by atomic mass is 9.70. The molecule has 0 aliphatic carbocycles. The standard InChI is InChI=1S/C24H32BrN3O5/c1-13(12-29)28-19(21(31)27-23(2,3)4)24-10-15(25)18(33-24)16(17(24)22(28)32)20(30)26-11-14-8-6-5-7-9-14/h5-9,13,15-19,29H,10-12H2,1-4H3,(H,26,30)(H,27,31)/t13-,15?,16+,17+,18+,19?,24?/m1/s1. The first kappa shape index (κ1) is 24.2. The lowest BCUT2D eigenvalue weighted by molar-refractivity contribution is -0.145. The molecule has 3 unspecified atom stereocenters. The van der Waals surface area contributed by atoms with Crippen LogP contribution in [-0.2, 0) is 25.7 Å². The first-order chi connectivity index (χ1) is 15.5. The van der Waals surface area contributed by atoms with Crippen LogP contribution in [0, 0.1) is 11.8 Å². The number of hydrogen-bond acceptors (Lipinski definition) is 5. The van der Waals surface area contributed by atoms with Crippen LogP contribution in [0.1, 0.15) is 39.7 Å². The van der Waals surface area contributed by atoms with Crippen molar-refractivity contribution in [2.24, 2.45) is 11.8 Å². The zero-order valence-corrected chi connectivity index (χ0v) is 21.0. The number of nitrogens with zero attached hydrogens (tertiary/aromatic N) is 1. The number of carbonyl (C=O) groups excluding carboxylic acids is 3. The third-order valence-corrected chi connectivity index (χ3v) is 7.67. The zero-order valence-electron chi connectivity index (χ0n) is 19.4. The summed E-state index contributed by atoms with van der Waals surface area (Å²) in [5.41, 5.74) is -0.681. The summed E-state index contributed by atoms with van der Waals surface area (Å²) in [5.74, 6) is -2.41. The lowest BCUT2D eigenvalue weighted by Gasteiger charge is -2.37. The fourth-order valence-corrected chi connectivity index (χ4v) is 6.51. The summed E-state index contributed by atoms with van der Waals surface area (Å²) in [4.78, 5) is 41.8. The van der Waals surface area contributed by atoms with Crippen molar-refractivity contribution in [2.75, 3.05) is 6.61 Å². The van der Waals surface area contributed by atoms with Crippen molar-refractivity contribution in [1.29, 1.82) is 0 Å². The molecule has 1 aromatic carbocycles. The Morgan fingerprint density at radius 2 is 1.94 bits per heavy atom. The lowest BCUT2D eigenvalue weighted by Crippen LogP contribution is -2.60. The Hall–Kier alpha value is -1.97. The predicted octanol–water partition coefficient (Wildman–Crippen LogP) is 1.35. The fourth-order valence-electron chi connectivity index (χ4n) is 5.57. The van der Waals surface area contributed by atoms with E-state index in [1.165, 1.54) is 4.90 Å². The number of alkyl halides is 1. The maximum atomic E-state index is 13.7. The third-order valence-electron chi connectivity index (χ3n) is 6.83. The molecule has 3 saturated heterocycles. The molecular formula is C24H32BrN3O5. The van der Waals surface area contributed by atoms with Gasteiger partial charge in [-0.2, -0.15) is 0 Å². The molecule has 0 saturated carbocycles. The van der Waals surface area contributed by atoms with E-state index in [0.29, 0.717) is 13.0 Å². The summed E-state index contributed by atoms with van der Waals surface area (Å²) in [5, 5.41) is 15.8. The molecule has 33 heavy (non-hydrogen) atoms. The normalized spacial score (nSPS) is 33.7. The number of hydrogen-bond donors (Lipinski definition) is 3. The van der Waals surface area contributed by atoms with Crippen LogP contribution in [-0.4, -0.2) is 68.5 Å². The molecule has 3 fully saturated rings. The Morgan fingerprint density at radius 3 is 2.55 bits per heavy atom. The Morgan fingerprint density at radius 1 is 1.27 bits per heavy atom. The second-order valence-electron chi connectivity index (χ2n) is 10.4. The number of ether oxygens (including phenoxy) is 1. The van der Waals surface area contributed by atoms with Gasteiger partial charge in [0.05, 0.1) is 30.6 Å². The van der Waals surface area contributed by atoms with E-state index >= 15 is 0 Å². The molecule has 1 aromatic rings. The van der Waals surface area contributed by atoms with Gasteiger partial charge in [-0.15, -0.1) is 0 Å². The first-order valence-electron chi connectivity index (χ1n) is 11.4. The van der Waals surface area contributed by atoms with Gasteiger partial charge in [0.25, 0.3) is 0 Å². The van der Waals surface area contributed by atoms with Gasteiger partial charge in [-0.25, -0.2) is 0 Å². The average Bonchev–Trinajstić information content (AvgIpc) is 3.34. The number of aliphatic hydroxyl groups is 1. The van der Waals surface area contributed by atoms with Gasteiger partial charge >= 0.3 is 0 Å². The van der Waals surface area contributed by atoms with Crippen LogP contribution in [0.4, 0.5) is 0 Å². The van der Waals surface area contributed by atoms with E-state index in [-0.39, 0.29) is 29.2 Å². The summed E-state index contributed by atoms with van der Waals surface area (Å²) in [6.45, 7) is 7.37. The van der Waals surface area contributed by atoms with E-state index in [2.05, 4.69) is 26.6 Å². The number of fused-ring (bicyclic) bond motifs is 1. The highest BCUT2D eigenvalue weighted by Crippen LogP contribution is 2.60. The van der Waals surface area contributed by atoms with Gasteiger partial charge in [0.1, 0.15) is 11.6 Å². The number of nitrogens with one attached hydrogen (secondary N) is 2. The van der Waals surface area contributed by atoms with E-state index in [9.17, 15) is 19.5 Å². The monoisotopic (exact) mass is 521 g/mol. The molecule has 0 radical (unpaired) electrons. The molecule has 1 spiro atoms. The second kappa shape index (κ2) is 8.67. The summed E-state index contributed by atoms with van der Waals surface area (Å²) in [6, 6.07) is 8.05. The summed E-state index contributed by atoms with van der Waals surface area (Å²) < 4.78 is 6.41. The minimum absolute atomic E-state index is 0.164. The van der Waals surface area contributed by atoms with Crippen molar-refractivity contribution in [2.45, 2.75) is 74.8 Å². The summed E-state index contributed by atoms with van der Waals surface area (Å²) in [7, 11) is 0. The molecule has 7 atom stereocenters. The van der Waals surface area contributed by atoms with Gasteiger partial charge in [0, 0.05) is 16.9 Å². The van der Waals surface area contributed by atoms with Gasteiger partial charge < -0.3 is 25.4 Å². The Bertz CT molecular complexity index is 936. The first-order valence-corrected chi connectivity index (χ1v) is 12.3. The Balaban J connectivity index is 1.67. The second-order valence-corrected chi connectivity index (χ2v) is 11.6. The smallest absolute Gasteiger partial charge is 0.246 e. The van der Waals surface area contributed by atoms with Crippen LogP contribution in [0.15, 0.2) is 30.3 Å². The van der Waals surface area contributed by atoms with Crippen LogP contribution < -0.4 is 10.6 Å². The number of benzene rings is 1. The van der Waals surface area contributed by atoms with E-state index < -0.39 is 41.2 Å². The fraction of sp³-hybridized carbons (Fsp3) is 0.625. The van der Waals surface area contributed by atoms with Crippen molar-refractivity contribution in [3.8, 4) is 0 Å². The summed E-state index contributed by atoms with van der Waals surface area (Å²) in [6.07, 6.45) is -0.0702. The van der Waals surface area contributed by atoms with Gasteiger partial charge in [-0.05, 0) is 39.7 Å². The van der Waals surface area contributed by atoms with Gasteiger partial charge in [-0.3, -0.25) is 14.4 Å². The predicted molar refractivity (Wildman–Crippen MR) is 125 cm³/mol. The van der Waals surface area contributed by atoms with E-state index in [1.54, 1.807) is 6.92 Å². The van der Waals surface area contributed by atoms with Gasteiger partial charge in [0.2, 0.25) is 17.7 Å². The van der Waals surface area contributed by atoms with Crippen molar-refractivity contribution in [1.82, 2.24) is 15.5 Å². The van der Waals surface area contributed by atoms with Gasteiger partial charge in [0.15, 0.2) is 0 Å². The SMILES string of the molecule is C[C@H](CO)N1C(=O)[C@@H]2[C@H](C(=O)NCc3ccccc3)[C@H]3OC2(CC3Br)C1C(=O)NC(C)(C)C. The van der Waals surface area contributed by atoms with Crippen LogP contribution in [0.25, 0.3) is 0 Å². The number of halogens is 1. The van der Waals surface area contributed by atoms with Crippen LogP contribution in [0.2, 0.25) is 0 Å². The minimum atomic E-state index is -1.12. The minimum Gasteiger partial charge on any atom is -0.394 e. The molecule has 3 N–H and O–H groups in total. The molecule has 3 aliphatic heterocycles. The molecule has 3 aliphatic rings. The molecular weight excluding hydrogens is 490 g/mol. The largest absolute Gasteiger partial charge is 0.394 e. The third kappa shape index (κ3) is 4.08. The molecule has 180 valence electrons. The van der Waals surface area contributed by atoms with Gasteiger partial charge in [-0.1, -0.05) is 46.3 Å². The molecule has 8 nitrogen and oxygen atoms in total. The number of aliphatic hydroxyl groups excluding tert-OH is 1. The van der Waals surface area contributed by atoms with Crippen molar-refractivity contribution in [3.05, 3.63) is 35.9 Å². The van der Waals surface area contributed by atoms with Crippen molar-refractivity contribution in [3.63, 3.8) is 0 Å². The van der Waals surface area contributed by atoms with Crippen LogP contribution in [0.5, 0.6) is 0 Å². The number of carbonyl (C=O) groups is 3. The van der Waals surface area contributed by atoms with E-state index in [0.717, 1.165) is 5.56 Å². The average molecular weight is 522 g/mol. The van der Waals surface area contributed by atoms with Crippen molar-refractivity contribution < 1.29 is 24.2 Å². The van der Waals surface area contributed by atoms with Crippen LogP contribution in [0.3, 0.4) is 0 Å². The molecule has 4 rings (SSSR count). The highest BCUT2D eigenvalue weighted by atomic mass is 79.9. The molecule has 9 heteroatoms. The van der Waals surface area contributed by atoms with E-state index in [1.807, 2.05) is 51.1 Å². The topological polar surface area (TPSA) is 108 Å². The van der Waals surface area contributed by atoms with Crippen molar-refractivity contribution >= 4 is 33.7 Å². The van der Waals surface area contributed by atoms with E-state index in [4.69, 9.17) is 4.74 Å². The molecule has 0 aromatic heterocycles. The summed E-state index contributed by atoms with van der Waals surface area (Å²) >= 11 is 3.65. The molecule has 3 heterocycles. The maximum Gasteiger partial charge on any atom is 0.246 e. The number of rotatable bonds is 6. The zero-order chi connectivity index (χ0) is 24.1. The molecule has 3 amide bonds. The quantitative estimate of drug-likeness (QED) is 0.489. The highest BCUT2D eigenvalue weighted by molar-refractivity contribution is 9.09. The number of amides is 3. The molecule has 2 bridgehead atoms.